The van der Waals surface area contributed by atoms with E-state index in [1.807, 2.05) is 24.3 Å². The van der Waals surface area contributed by atoms with Crippen molar-refractivity contribution in [2.45, 2.75) is 0 Å². The fraction of sp³-hybridized carbons (Fsp3) is 0. The van der Waals surface area contributed by atoms with Gasteiger partial charge in [-0.05, 0) is 16.8 Å². The average Bonchev–Trinajstić information content (AvgIpc) is 2.45. The molecule has 0 unspecified atom stereocenters. The second kappa shape index (κ2) is 2.82. The van der Waals surface area contributed by atoms with E-state index in [2.05, 4.69) is 0 Å². The van der Waals surface area contributed by atoms with Gasteiger partial charge in [0, 0.05) is 4.70 Å². The van der Waals surface area contributed by atoms with Crippen molar-refractivity contribution < 1.29 is 10.0 Å². The molecule has 5 heteroatoms. The van der Waals surface area contributed by atoms with Crippen molar-refractivity contribution in [3.05, 3.63) is 29.6 Å². The van der Waals surface area contributed by atoms with Gasteiger partial charge in [-0.15, -0.1) is 16.8 Å². The predicted octanol–water partition coefficient (Wildman–Crippen LogP) is -0.00950. The van der Waals surface area contributed by atoms with Crippen molar-refractivity contribution in [2.75, 3.05) is 0 Å². The van der Waals surface area contributed by atoms with E-state index in [1.165, 1.54) is 11.3 Å². The van der Waals surface area contributed by atoms with Crippen LogP contribution < -0.4 is 11.1 Å². The molecule has 0 saturated carbocycles. The third-order valence-corrected chi connectivity index (χ3v) is 2.95. The zero-order valence-corrected chi connectivity index (χ0v) is 7.66. The van der Waals surface area contributed by atoms with E-state index in [9.17, 15) is 10.0 Å². The van der Waals surface area contributed by atoms with Gasteiger partial charge in [-0.25, -0.2) is 0 Å². The molecule has 13 heavy (non-hydrogen) atoms. The molecule has 0 aliphatic carbocycles. The van der Waals surface area contributed by atoms with Crippen molar-refractivity contribution in [2.24, 2.45) is 5.64 Å². The van der Waals surface area contributed by atoms with Gasteiger partial charge in [0.2, 0.25) is 0 Å². The van der Waals surface area contributed by atoms with Crippen LogP contribution in [0.5, 0.6) is 0 Å². The summed E-state index contributed by atoms with van der Waals surface area (Å²) in [4.78, 5) is 0. The third-order valence-electron chi connectivity index (χ3n) is 1.97. The monoisotopic (exact) mass is 194 g/mol. The van der Waals surface area contributed by atoms with Gasteiger partial charge in [-0.2, -0.15) is 0 Å². The van der Waals surface area contributed by atoms with E-state index in [-0.39, 0.29) is 0 Å². The van der Waals surface area contributed by atoms with E-state index in [4.69, 9.17) is 5.64 Å². The zero-order valence-electron chi connectivity index (χ0n) is 6.84. The minimum absolute atomic E-state index is 0.417. The molecule has 1 aromatic heterocycles. The Hall–Kier alpha value is -0.875. The molecule has 0 aliphatic rings. The molecule has 1 aromatic carbocycles. The van der Waals surface area contributed by atoms with Gasteiger partial charge in [-0.3, -0.25) is 0 Å². The summed E-state index contributed by atoms with van der Waals surface area (Å²) in [6, 6.07) is 7.51. The number of thiophene rings is 1. The van der Waals surface area contributed by atoms with Crippen LogP contribution >= 0.6 is 11.3 Å². The summed E-state index contributed by atoms with van der Waals surface area (Å²) >= 11 is 1.46. The molecule has 0 atom stereocenters. The van der Waals surface area contributed by atoms with E-state index < -0.39 is 6.69 Å². The van der Waals surface area contributed by atoms with Crippen molar-refractivity contribution >= 4 is 33.6 Å². The van der Waals surface area contributed by atoms with E-state index in [0.717, 1.165) is 10.1 Å². The SMILES string of the molecule is N[B-](O)(O)c1csc2ccccc12. The number of rotatable bonds is 1. The smallest absolute Gasteiger partial charge is 0.339 e. The van der Waals surface area contributed by atoms with Crippen LogP contribution in [0.25, 0.3) is 10.1 Å². The Labute approximate surface area is 79.4 Å². The summed E-state index contributed by atoms with van der Waals surface area (Å²) in [6.45, 7) is -2.87. The highest BCUT2D eigenvalue weighted by Crippen LogP contribution is 2.18. The van der Waals surface area contributed by atoms with Crippen LogP contribution in [-0.4, -0.2) is 16.7 Å². The van der Waals surface area contributed by atoms with Gasteiger partial charge >= 0.3 is 6.69 Å². The quantitative estimate of drug-likeness (QED) is 0.559. The van der Waals surface area contributed by atoms with Crippen molar-refractivity contribution in [1.29, 1.82) is 0 Å². The Morgan fingerprint density at radius 1 is 1.23 bits per heavy atom. The Balaban J connectivity index is 2.72. The van der Waals surface area contributed by atoms with E-state index in [1.54, 1.807) is 5.38 Å². The van der Waals surface area contributed by atoms with Gasteiger partial charge < -0.3 is 15.7 Å². The summed E-state index contributed by atoms with van der Waals surface area (Å²) < 4.78 is 1.01. The van der Waals surface area contributed by atoms with Crippen LogP contribution in [0.1, 0.15) is 0 Å². The first-order chi connectivity index (χ1) is 6.09. The molecule has 0 amide bonds. The van der Waals surface area contributed by atoms with E-state index >= 15 is 0 Å². The average molecular weight is 194 g/mol. The maximum absolute atomic E-state index is 9.28. The largest absolute Gasteiger partial charge is 0.566 e. The Kier molecular flexibility index (Phi) is 1.89. The van der Waals surface area contributed by atoms with Crippen LogP contribution in [0.4, 0.5) is 0 Å². The Morgan fingerprint density at radius 2 is 1.92 bits per heavy atom. The normalized spacial score (nSPS) is 12.2. The maximum atomic E-state index is 9.28. The number of benzene rings is 1. The minimum Gasteiger partial charge on any atom is -0.566 e. The topological polar surface area (TPSA) is 66.5 Å². The lowest BCUT2D eigenvalue weighted by molar-refractivity contribution is 0.384. The van der Waals surface area contributed by atoms with Gasteiger partial charge in [-0.1, -0.05) is 18.2 Å². The van der Waals surface area contributed by atoms with Crippen molar-refractivity contribution in [3.63, 3.8) is 0 Å². The van der Waals surface area contributed by atoms with Crippen LogP contribution in [-0.2, 0) is 0 Å². The number of hydrogen-bond donors (Lipinski definition) is 3. The molecule has 0 bridgehead atoms. The Bertz CT molecular complexity index is 435. The molecule has 0 saturated heterocycles. The summed E-state index contributed by atoms with van der Waals surface area (Å²) in [5.41, 5.74) is 5.66. The number of fused-ring (bicyclic) bond motifs is 1. The summed E-state index contributed by atoms with van der Waals surface area (Å²) in [6.07, 6.45) is 0. The molecule has 4 N–H and O–H groups in total. The van der Waals surface area contributed by atoms with Gasteiger partial charge in [0.05, 0.1) is 0 Å². The first-order valence-electron chi connectivity index (χ1n) is 3.94. The highest BCUT2D eigenvalue weighted by molar-refractivity contribution is 7.19. The minimum atomic E-state index is -2.87. The molecule has 0 spiro atoms. The molecule has 3 nitrogen and oxygen atoms in total. The maximum Gasteiger partial charge on any atom is 0.339 e. The molecule has 0 aliphatic heterocycles. The number of hydrogen-bond acceptors (Lipinski definition) is 4. The second-order valence-corrected chi connectivity index (χ2v) is 3.94. The number of nitrogens with two attached hydrogens (primary N) is 1. The molecule has 0 fully saturated rings. The van der Waals surface area contributed by atoms with Gasteiger partial charge in [0.1, 0.15) is 0 Å². The highest BCUT2D eigenvalue weighted by atomic mass is 32.1. The lowest BCUT2D eigenvalue weighted by atomic mass is 9.67. The third kappa shape index (κ3) is 1.47. The lowest BCUT2D eigenvalue weighted by Gasteiger charge is -2.21. The molecule has 0 radical (unpaired) electrons. The Morgan fingerprint density at radius 3 is 2.62 bits per heavy atom. The van der Waals surface area contributed by atoms with Gasteiger partial charge in [0.25, 0.3) is 0 Å². The molecular weight excluding hydrogens is 185 g/mol. The first kappa shape index (κ1) is 8.71. The van der Waals surface area contributed by atoms with Crippen LogP contribution in [0, 0.1) is 0 Å². The molecule has 2 rings (SSSR count). The summed E-state index contributed by atoms with van der Waals surface area (Å²) in [5.74, 6) is 0. The summed E-state index contributed by atoms with van der Waals surface area (Å²) in [7, 11) is 0. The zero-order chi connectivity index (χ0) is 9.47. The van der Waals surface area contributed by atoms with Gasteiger partial charge in [0.15, 0.2) is 0 Å². The van der Waals surface area contributed by atoms with Crippen LogP contribution in [0.3, 0.4) is 0 Å². The standard InChI is InChI=1S/C8H9BNO2S/c10-9(11,12)7-5-13-8-4-2-1-3-6(7)8/h1-5,11-12H,10H2/q-1. The fourth-order valence-electron chi connectivity index (χ4n) is 1.33. The highest BCUT2D eigenvalue weighted by Gasteiger charge is 2.18. The first-order valence-corrected chi connectivity index (χ1v) is 4.82. The molecule has 68 valence electrons. The second-order valence-electron chi connectivity index (χ2n) is 3.03. The van der Waals surface area contributed by atoms with Crippen LogP contribution in [0.2, 0.25) is 0 Å². The van der Waals surface area contributed by atoms with Crippen molar-refractivity contribution in [3.8, 4) is 0 Å². The molecule has 1 heterocycles. The van der Waals surface area contributed by atoms with Crippen LogP contribution in [0.15, 0.2) is 29.6 Å². The van der Waals surface area contributed by atoms with Crippen molar-refractivity contribution in [1.82, 2.24) is 0 Å². The summed E-state index contributed by atoms with van der Waals surface area (Å²) in [5, 5.41) is 21.1. The lowest BCUT2D eigenvalue weighted by Crippen LogP contribution is -2.57. The molecular formula is C8H9BNO2S-. The predicted molar refractivity (Wildman–Crippen MR) is 55.8 cm³/mol. The molecule has 2 aromatic rings. The fourth-order valence-corrected chi connectivity index (χ4v) is 2.38. The van der Waals surface area contributed by atoms with E-state index in [0.29, 0.717) is 5.46 Å².